The van der Waals surface area contributed by atoms with Crippen molar-refractivity contribution in [3.8, 4) is 0 Å². The second-order valence-electron chi connectivity index (χ2n) is 6.08. The minimum atomic E-state index is 0.179. The van der Waals surface area contributed by atoms with Gasteiger partial charge in [-0.05, 0) is 38.0 Å². The first-order chi connectivity index (χ1) is 8.65. The van der Waals surface area contributed by atoms with E-state index in [1.165, 1.54) is 41.4 Å². The van der Waals surface area contributed by atoms with Gasteiger partial charge >= 0.3 is 0 Å². The zero-order valence-electron chi connectivity index (χ0n) is 11.4. The smallest absolute Gasteiger partial charge is 0.186 e. The second-order valence-corrected chi connectivity index (χ2v) is 7.14. The number of fused-ring (bicyclic) bond motifs is 1. The van der Waals surface area contributed by atoms with Gasteiger partial charge in [0.1, 0.15) is 0 Å². The number of rotatable bonds is 4. The van der Waals surface area contributed by atoms with E-state index in [0.29, 0.717) is 5.92 Å². The van der Waals surface area contributed by atoms with Gasteiger partial charge in [-0.3, -0.25) is 0 Å². The van der Waals surface area contributed by atoms with Crippen molar-refractivity contribution in [1.82, 2.24) is 4.98 Å². The van der Waals surface area contributed by atoms with Crippen LogP contribution in [0.3, 0.4) is 0 Å². The van der Waals surface area contributed by atoms with Crippen molar-refractivity contribution >= 4 is 16.5 Å². The van der Waals surface area contributed by atoms with Crippen LogP contribution in [-0.2, 0) is 6.42 Å². The summed E-state index contributed by atoms with van der Waals surface area (Å²) < 4.78 is 0. The summed E-state index contributed by atoms with van der Waals surface area (Å²) in [6.07, 6.45) is 6.18. The average Bonchev–Trinajstić information content (AvgIpc) is 3.05. The fourth-order valence-electron chi connectivity index (χ4n) is 2.72. The van der Waals surface area contributed by atoms with E-state index in [1.54, 1.807) is 0 Å². The SMILES string of the molecule is CC(C)CN(c1nc2c(s1)CCCC2N)C1CC1. The first-order valence-corrected chi connectivity index (χ1v) is 7.98. The van der Waals surface area contributed by atoms with E-state index in [1.807, 2.05) is 11.3 Å². The first kappa shape index (κ1) is 12.4. The van der Waals surface area contributed by atoms with Gasteiger partial charge in [-0.1, -0.05) is 13.8 Å². The van der Waals surface area contributed by atoms with Gasteiger partial charge in [0.25, 0.3) is 0 Å². The van der Waals surface area contributed by atoms with Gasteiger partial charge in [0.05, 0.1) is 5.69 Å². The van der Waals surface area contributed by atoms with Crippen LogP contribution in [0.5, 0.6) is 0 Å². The summed E-state index contributed by atoms with van der Waals surface area (Å²) in [5, 5.41) is 1.23. The van der Waals surface area contributed by atoms with E-state index < -0.39 is 0 Å². The van der Waals surface area contributed by atoms with Gasteiger partial charge in [-0.2, -0.15) is 0 Å². The van der Waals surface area contributed by atoms with Crippen molar-refractivity contribution in [3.63, 3.8) is 0 Å². The van der Waals surface area contributed by atoms with Crippen LogP contribution < -0.4 is 10.6 Å². The van der Waals surface area contributed by atoms with Crippen LogP contribution in [0.1, 0.15) is 56.1 Å². The predicted molar refractivity (Wildman–Crippen MR) is 77.2 cm³/mol. The molecule has 0 saturated heterocycles. The molecule has 1 aromatic rings. The summed E-state index contributed by atoms with van der Waals surface area (Å²) in [5.41, 5.74) is 7.37. The predicted octanol–water partition coefficient (Wildman–Crippen LogP) is 3.10. The highest BCUT2D eigenvalue weighted by Crippen LogP contribution is 2.39. The third-order valence-electron chi connectivity index (χ3n) is 3.78. The lowest BCUT2D eigenvalue weighted by atomic mass is 9.99. The summed E-state index contributed by atoms with van der Waals surface area (Å²) in [6.45, 7) is 5.70. The van der Waals surface area contributed by atoms with Crippen molar-refractivity contribution in [2.24, 2.45) is 11.7 Å². The zero-order valence-corrected chi connectivity index (χ0v) is 12.2. The molecule has 2 aliphatic rings. The molecule has 1 atom stereocenters. The molecule has 1 fully saturated rings. The van der Waals surface area contributed by atoms with E-state index in [-0.39, 0.29) is 6.04 Å². The van der Waals surface area contributed by atoms with E-state index >= 15 is 0 Å². The highest BCUT2D eigenvalue weighted by molar-refractivity contribution is 7.15. The zero-order chi connectivity index (χ0) is 12.7. The van der Waals surface area contributed by atoms with Crippen LogP contribution in [0, 0.1) is 5.92 Å². The molecular weight excluding hydrogens is 242 g/mol. The van der Waals surface area contributed by atoms with E-state index in [9.17, 15) is 0 Å². The lowest BCUT2D eigenvalue weighted by Gasteiger charge is -2.23. The average molecular weight is 265 g/mol. The maximum absolute atomic E-state index is 6.18. The van der Waals surface area contributed by atoms with Crippen molar-refractivity contribution in [2.45, 2.75) is 58.0 Å². The Labute approximate surface area is 113 Å². The largest absolute Gasteiger partial charge is 0.345 e. The van der Waals surface area contributed by atoms with Crippen LogP contribution >= 0.6 is 11.3 Å². The molecule has 1 saturated carbocycles. The lowest BCUT2D eigenvalue weighted by molar-refractivity contribution is 0.561. The van der Waals surface area contributed by atoms with Gasteiger partial charge in [0.15, 0.2) is 5.13 Å². The quantitative estimate of drug-likeness (QED) is 0.909. The highest BCUT2D eigenvalue weighted by Gasteiger charge is 2.33. The van der Waals surface area contributed by atoms with E-state index in [4.69, 9.17) is 10.7 Å². The summed E-state index contributed by atoms with van der Waals surface area (Å²) >= 11 is 1.89. The third-order valence-corrected chi connectivity index (χ3v) is 4.95. The molecule has 1 unspecified atom stereocenters. The third kappa shape index (κ3) is 2.41. The van der Waals surface area contributed by atoms with Crippen LogP contribution in [-0.4, -0.2) is 17.6 Å². The van der Waals surface area contributed by atoms with Crippen molar-refractivity contribution in [3.05, 3.63) is 10.6 Å². The topological polar surface area (TPSA) is 42.2 Å². The van der Waals surface area contributed by atoms with Gasteiger partial charge in [-0.25, -0.2) is 4.98 Å². The first-order valence-electron chi connectivity index (χ1n) is 7.17. The Balaban J connectivity index is 1.85. The molecule has 0 aromatic carbocycles. The fourth-order valence-corrected chi connectivity index (χ4v) is 3.98. The molecule has 0 bridgehead atoms. The van der Waals surface area contributed by atoms with E-state index in [2.05, 4.69) is 18.7 Å². The number of nitrogens with two attached hydrogens (primary N) is 1. The second kappa shape index (κ2) is 4.82. The summed E-state index contributed by atoms with van der Waals surface area (Å²) in [6, 6.07) is 0.926. The standard InChI is InChI=1S/C14H23N3S/c1-9(2)8-17(10-6-7-10)14-16-13-11(15)4-3-5-12(13)18-14/h9-11H,3-8,15H2,1-2H3. The van der Waals surface area contributed by atoms with Gasteiger partial charge in [0, 0.05) is 23.5 Å². The van der Waals surface area contributed by atoms with Crippen LogP contribution in [0.2, 0.25) is 0 Å². The molecule has 0 aliphatic heterocycles. The van der Waals surface area contributed by atoms with Gasteiger partial charge < -0.3 is 10.6 Å². The minimum Gasteiger partial charge on any atom is -0.345 e. The van der Waals surface area contributed by atoms with Crippen molar-refractivity contribution < 1.29 is 0 Å². The normalized spacial score (nSPS) is 23.2. The Morgan fingerprint density at radius 2 is 2.17 bits per heavy atom. The molecule has 2 aliphatic carbocycles. The number of thiazole rings is 1. The maximum atomic E-state index is 6.18. The fraction of sp³-hybridized carbons (Fsp3) is 0.786. The Kier molecular flexibility index (Phi) is 3.32. The molecule has 1 heterocycles. The van der Waals surface area contributed by atoms with Crippen molar-refractivity contribution in [1.29, 1.82) is 0 Å². The number of aromatic nitrogens is 1. The molecule has 3 rings (SSSR count). The molecule has 18 heavy (non-hydrogen) atoms. The highest BCUT2D eigenvalue weighted by atomic mass is 32.1. The Morgan fingerprint density at radius 1 is 1.39 bits per heavy atom. The molecule has 100 valence electrons. The number of nitrogens with zero attached hydrogens (tertiary/aromatic N) is 2. The molecule has 3 nitrogen and oxygen atoms in total. The molecular formula is C14H23N3S. The van der Waals surface area contributed by atoms with Gasteiger partial charge in [0.2, 0.25) is 0 Å². The van der Waals surface area contributed by atoms with Crippen LogP contribution in [0.15, 0.2) is 0 Å². The summed E-state index contributed by atoms with van der Waals surface area (Å²) in [5.74, 6) is 0.695. The minimum absolute atomic E-state index is 0.179. The Morgan fingerprint density at radius 3 is 2.78 bits per heavy atom. The lowest BCUT2D eigenvalue weighted by Crippen LogP contribution is -2.29. The maximum Gasteiger partial charge on any atom is 0.186 e. The Hall–Kier alpha value is -0.610. The van der Waals surface area contributed by atoms with Gasteiger partial charge in [-0.15, -0.1) is 11.3 Å². The molecule has 4 heteroatoms. The number of anilines is 1. The molecule has 0 radical (unpaired) electrons. The molecule has 0 amide bonds. The monoisotopic (exact) mass is 265 g/mol. The number of hydrogen-bond donors (Lipinski definition) is 1. The molecule has 2 N–H and O–H groups in total. The van der Waals surface area contributed by atoms with Crippen molar-refractivity contribution in [2.75, 3.05) is 11.4 Å². The molecule has 0 spiro atoms. The summed E-state index contributed by atoms with van der Waals surface area (Å²) in [4.78, 5) is 8.84. The number of hydrogen-bond acceptors (Lipinski definition) is 4. The number of aryl methyl sites for hydroxylation is 1. The Bertz CT molecular complexity index is 423. The summed E-state index contributed by atoms with van der Waals surface area (Å²) in [7, 11) is 0. The van der Waals surface area contributed by atoms with Crippen LogP contribution in [0.4, 0.5) is 5.13 Å². The van der Waals surface area contributed by atoms with Crippen LogP contribution in [0.25, 0.3) is 0 Å². The van der Waals surface area contributed by atoms with E-state index in [0.717, 1.165) is 19.0 Å². The molecule has 1 aromatic heterocycles.